The van der Waals surface area contributed by atoms with Crippen molar-refractivity contribution in [2.24, 2.45) is 0 Å². The molecule has 1 aromatic carbocycles. The van der Waals surface area contributed by atoms with Crippen LogP contribution in [0, 0.1) is 6.92 Å². The number of aliphatic hydroxyl groups is 1. The standard InChI is InChI=1S/C12H18O2/c1-10-6-4-5-7-11(10)14-9-8-12(2,3)13/h4-7,13H,8-9H2,1-3H3. The van der Waals surface area contributed by atoms with Crippen LogP contribution in [0.1, 0.15) is 25.8 Å². The lowest BCUT2D eigenvalue weighted by molar-refractivity contribution is 0.0552. The molecule has 0 bridgehead atoms. The van der Waals surface area contributed by atoms with Gasteiger partial charge in [-0.25, -0.2) is 0 Å². The van der Waals surface area contributed by atoms with E-state index in [2.05, 4.69) is 0 Å². The monoisotopic (exact) mass is 194 g/mol. The quantitative estimate of drug-likeness (QED) is 0.798. The van der Waals surface area contributed by atoms with Crippen LogP contribution in [-0.4, -0.2) is 17.3 Å². The highest BCUT2D eigenvalue weighted by Crippen LogP contribution is 2.17. The predicted octanol–water partition coefficient (Wildman–Crippen LogP) is 2.53. The van der Waals surface area contributed by atoms with E-state index in [4.69, 9.17) is 4.74 Å². The van der Waals surface area contributed by atoms with Crippen molar-refractivity contribution in [3.05, 3.63) is 29.8 Å². The number of para-hydroxylation sites is 1. The Morgan fingerprint density at radius 3 is 2.50 bits per heavy atom. The van der Waals surface area contributed by atoms with Crippen LogP contribution in [0.2, 0.25) is 0 Å². The summed E-state index contributed by atoms with van der Waals surface area (Å²) in [5.41, 5.74) is 0.478. The van der Waals surface area contributed by atoms with E-state index in [0.29, 0.717) is 13.0 Å². The van der Waals surface area contributed by atoms with Gasteiger partial charge in [-0.15, -0.1) is 0 Å². The molecular weight excluding hydrogens is 176 g/mol. The van der Waals surface area contributed by atoms with E-state index < -0.39 is 5.60 Å². The van der Waals surface area contributed by atoms with Crippen LogP contribution in [0.3, 0.4) is 0 Å². The summed E-state index contributed by atoms with van der Waals surface area (Å²) < 4.78 is 5.55. The van der Waals surface area contributed by atoms with Crippen LogP contribution in [0.5, 0.6) is 5.75 Å². The van der Waals surface area contributed by atoms with Crippen molar-refractivity contribution in [1.29, 1.82) is 0 Å². The number of rotatable bonds is 4. The van der Waals surface area contributed by atoms with E-state index in [1.165, 1.54) is 0 Å². The van der Waals surface area contributed by atoms with Gasteiger partial charge in [0.1, 0.15) is 5.75 Å². The molecule has 0 aliphatic rings. The molecule has 1 rings (SSSR count). The van der Waals surface area contributed by atoms with Crippen molar-refractivity contribution in [2.45, 2.75) is 32.8 Å². The zero-order valence-electron chi connectivity index (χ0n) is 9.08. The van der Waals surface area contributed by atoms with Gasteiger partial charge in [-0.2, -0.15) is 0 Å². The fraction of sp³-hybridized carbons (Fsp3) is 0.500. The molecule has 0 aliphatic carbocycles. The molecule has 0 amide bonds. The van der Waals surface area contributed by atoms with E-state index in [1.54, 1.807) is 13.8 Å². The molecule has 0 atom stereocenters. The average molecular weight is 194 g/mol. The van der Waals surface area contributed by atoms with Crippen molar-refractivity contribution < 1.29 is 9.84 Å². The Bertz CT molecular complexity index is 287. The van der Waals surface area contributed by atoms with Gasteiger partial charge >= 0.3 is 0 Å². The van der Waals surface area contributed by atoms with Crippen molar-refractivity contribution >= 4 is 0 Å². The molecule has 0 unspecified atom stereocenters. The fourth-order valence-corrected chi connectivity index (χ4v) is 1.13. The molecule has 1 N–H and O–H groups in total. The van der Waals surface area contributed by atoms with Crippen molar-refractivity contribution in [1.82, 2.24) is 0 Å². The molecule has 78 valence electrons. The minimum absolute atomic E-state index is 0.550. The maximum atomic E-state index is 9.48. The Hall–Kier alpha value is -1.02. The Morgan fingerprint density at radius 2 is 1.93 bits per heavy atom. The van der Waals surface area contributed by atoms with Crippen molar-refractivity contribution in [3.8, 4) is 5.75 Å². The maximum Gasteiger partial charge on any atom is 0.122 e. The first-order chi connectivity index (χ1) is 6.49. The number of hydrogen-bond acceptors (Lipinski definition) is 2. The van der Waals surface area contributed by atoms with Crippen molar-refractivity contribution in [3.63, 3.8) is 0 Å². The lowest BCUT2D eigenvalue weighted by Gasteiger charge is -2.17. The van der Waals surface area contributed by atoms with Gasteiger partial charge in [0.15, 0.2) is 0 Å². The SMILES string of the molecule is Cc1ccccc1OCCC(C)(C)O. The Balaban J connectivity index is 2.43. The highest BCUT2D eigenvalue weighted by molar-refractivity contribution is 5.31. The molecule has 0 aromatic heterocycles. The van der Waals surface area contributed by atoms with Gasteiger partial charge in [0, 0.05) is 6.42 Å². The van der Waals surface area contributed by atoms with Crippen molar-refractivity contribution in [2.75, 3.05) is 6.61 Å². The molecule has 0 saturated heterocycles. The third-order valence-corrected chi connectivity index (χ3v) is 2.07. The summed E-state index contributed by atoms with van der Waals surface area (Å²) in [7, 11) is 0. The number of aryl methyl sites for hydroxylation is 1. The minimum Gasteiger partial charge on any atom is -0.493 e. The Labute approximate surface area is 85.5 Å². The zero-order valence-corrected chi connectivity index (χ0v) is 9.08. The van der Waals surface area contributed by atoms with Gasteiger partial charge < -0.3 is 9.84 Å². The Morgan fingerprint density at radius 1 is 1.29 bits per heavy atom. The summed E-state index contributed by atoms with van der Waals surface area (Å²) in [5, 5.41) is 9.48. The van der Waals surface area contributed by atoms with E-state index in [0.717, 1.165) is 11.3 Å². The number of benzene rings is 1. The van der Waals surface area contributed by atoms with Crippen LogP contribution in [0.4, 0.5) is 0 Å². The van der Waals surface area contributed by atoms with Gasteiger partial charge in [0.05, 0.1) is 12.2 Å². The zero-order chi connectivity index (χ0) is 10.6. The van der Waals surface area contributed by atoms with E-state index >= 15 is 0 Å². The first-order valence-electron chi connectivity index (χ1n) is 4.90. The molecule has 0 radical (unpaired) electrons. The molecule has 14 heavy (non-hydrogen) atoms. The highest BCUT2D eigenvalue weighted by atomic mass is 16.5. The second-order valence-corrected chi connectivity index (χ2v) is 4.18. The molecule has 0 spiro atoms. The summed E-state index contributed by atoms with van der Waals surface area (Å²) in [5.74, 6) is 0.900. The predicted molar refractivity (Wildman–Crippen MR) is 57.6 cm³/mol. The summed E-state index contributed by atoms with van der Waals surface area (Å²) in [4.78, 5) is 0. The Kier molecular flexibility index (Phi) is 3.53. The lowest BCUT2D eigenvalue weighted by Crippen LogP contribution is -2.21. The molecular formula is C12H18O2. The third-order valence-electron chi connectivity index (χ3n) is 2.07. The number of ether oxygens (including phenoxy) is 1. The summed E-state index contributed by atoms with van der Waals surface area (Å²) in [6.07, 6.45) is 0.640. The van der Waals surface area contributed by atoms with Crippen LogP contribution in [-0.2, 0) is 0 Å². The summed E-state index contributed by atoms with van der Waals surface area (Å²) in [6, 6.07) is 7.89. The summed E-state index contributed by atoms with van der Waals surface area (Å²) in [6.45, 7) is 6.14. The highest BCUT2D eigenvalue weighted by Gasteiger charge is 2.12. The van der Waals surface area contributed by atoms with Crippen LogP contribution < -0.4 is 4.74 Å². The first kappa shape index (κ1) is 11.1. The topological polar surface area (TPSA) is 29.5 Å². The average Bonchev–Trinajstić information content (AvgIpc) is 2.06. The molecule has 2 nitrogen and oxygen atoms in total. The minimum atomic E-state index is -0.650. The molecule has 0 heterocycles. The van der Waals surface area contributed by atoms with E-state index in [1.807, 2.05) is 31.2 Å². The third kappa shape index (κ3) is 3.79. The van der Waals surface area contributed by atoms with Gasteiger partial charge in [0.2, 0.25) is 0 Å². The lowest BCUT2D eigenvalue weighted by atomic mass is 10.1. The molecule has 1 aromatic rings. The molecule has 0 saturated carbocycles. The van der Waals surface area contributed by atoms with E-state index in [9.17, 15) is 5.11 Å². The van der Waals surface area contributed by atoms with Crippen LogP contribution >= 0.6 is 0 Å². The van der Waals surface area contributed by atoms with Gasteiger partial charge in [-0.05, 0) is 32.4 Å². The summed E-state index contributed by atoms with van der Waals surface area (Å²) >= 11 is 0. The maximum absolute atomic E-state index is 9.48. The van der Waals surface area contributed by atoms with Gasteiger partial charge in [-0.3, -0.25) is 0 Å². The largest absolute Gasteiger partial charge is 0.493 e. The van der Waals surface area contributed by atoms with E-state index in [-0.39, 0.29) is 0 Å². The molecule has 0 aliphatic heterocycles. The second kappa shape index (κ2) is 4.47. The molecule has 2 heteroatoms. The second-order valence-electron chi connectivity index (χ2n) is 4.18. The fourth-order valence-electron chi connectivity index (χ4n) is 1.13. The first-order valence-corrected chi connectivity index (χ1v) is 4.90. The normalized spacial score (nSPS) is 11.4. The molecule has 0 fully saturated rings. The van der Waals surface area contributed by atoms with Crippen LogP contribution in [0.15, 0.2) is 24.3 Å². The van der Waals surface area contributed by atoms with Crippen LogP contribution in [0.25, 0.3) is 0 Å². The number of hydrogen-bond donors (Lipinski definition) is 1. The van der Waals surface area contributed by atoms with Gasteiger partial charge in [0.25, 0.3) is 0 Å². The smallest absolute Gasteiger partial charge is 0.122 e. The van der Waals surface area contributed by atoms with Gasteiger partial charge in [-0.1, -0.05) is 18.2 Å².